The van der Waals surface area contributed by atoms with Crippen molar-refractivity contribution >= 4 is 27.5 Å². The van der Waals surface area contributed by atoms with Crippen LogP contribution in [-0.4, -0.2) is 50.5 Å². The molecule has 0 saturated carbocycles. The average Bonchev–Trinajstić information content (AvgIpc) is 2.80. The number of hydrogen-bond donors (Lipinski definition) is 1. The molecular formula is C24H30F3N3O4S. The van der Waals surface area contributed by atoms with Crippen molar-refractivity contribution in [2.75, 3.05) is 23.7 Å². The van der Waals surface area contributed by atoms with Gasteiger partial charge in [0.2, 0.25) is 21.8 Å². The van der Waals surface area contributed by atoms with Crippen LogP contribution in [0.2, 0.25) is 0 Å². The summed E-state index contributed by atoms with van der Waals surface area (Å²) in [6.07, 6.45) is -2.93. The molecule has 0 saturated heterocycles. The number of halogens is 3. The average molecular weight is 514 g/mol. The van der Waals surface area contributed by atoms with E-state index >= 15 is 0 Å². The van der Waals surface area contributed by atoms with E-state index in [1.54, 1.807) is 37.3 Å². The van der Waals surface area contributed by atoms with Crippen LogP contribution < -0.4 is 9.62 Å². The lowest BCUT2D eigenvalue weighted by Crippen LogP contribution is -2.52. The number of sulfonamides is 1. The molecule has 0 heterocycles. The van der Waals surface area contributed by atoms with Crippen molar-refractivity contribution in [1.29, 1.82) is 0 Å². The Labute approximate surface area is 204 Å². The van der Waals surface area contributed by atoms with E-state index in [1.165, 1.54) is 11.0 Å². The Bertz CT molecular complexity index is 1110. The van der Waals surface area contributed by atoms with E-state index < -0.39 is 40.3 Å². The molecule has 0 aliphatic heterocycles. The third-order valence-corrected chi connectivity index (χ3v) is 6.41. The molecule has 0 aromatic heterocycles. The maximum atomic E-state index is 13.5. The summed E-state index contributed by atoms with van der Waals surface area (Å²) in [5.74, 6) is -1.10. The molecule has 2 amide bonds. The first-order valence-electron chi connectivity index (χ1n) is 11.1. The number of nitrogens with one attached hydrogen (secondary N) is 1. The molecule has 35 heavy (non-hydrogen) atoms. The highest BCUT2D eigenvalue weighted by Gasteiger charge is 2.34. The highest BCUT2D eigenvalue weighted by atomic mass is 32.2. The fourth-order valence-corrected chi connectivity index (χ4v) is 4.36. The standard InChI is InChI=1S/C24H30F3N3O4S/c1-4-14-28-23(32)21(5-2)29(16-18-10-7-6-8-11-18)22(31)17-30(35(3,33)34)20-13-9-12-19(15-20)24(25,26)27/h6-13,15,21H,4-5,14,16-17H2,1-3H3,(H,28,32)/t21-/m1/s1. The van der Waals surface area contributed by atoms with Gasteiger partial charge in [0.1, 0.15) is 12.6 Å². The van der Waals surface area contributed by atoms with E-state index in [0.29, 0.717) is 28.9 Å². The molecule has 2 rings (SSSR count). The summed E-state index contributed by atoms with van der Waals surface area (Å²) in [5.41, 5.74) is -0.617. The number of carbonyl (C=O) groups is 2. The van der Waals surface area contributed by atoms with Crippen molar-refractivity contribution in [3.05, 3.63) is 65.7 Å². The largest absolute Gasteiger partial charge is 0.416 e. The topological polar surface area (TPSA) is 86.8 Å². The van der Waals surface area contributed by atoms with Gasteiger partial charge in [-0.15, -0.1) is 0 Å². The first kappa shape index (κ1) is 28.2. The summed E-state index contributed by atoms with van der Waals surface area (Å²) in [5, 5.41) is 2.75. The van der Waals surface area contributed by atoms with Gasteiger partial charge in [0, 0.05) is 13.1 Å². The van der Waals surface area contributed by atoms with Gasteiger partial charge in [-0.1, -0.05) is 50.2 Å². The second kappa shape index (κ2) is 12.1. The quantitative estimate of drug-likeness (QED) is 0.495. The minimum absolute atomic E-state index is 0.0257. The van der Waals surface area contributed by atoms with Crippen LogP contribution in [0.15, 0.2) is 54.6 Å². The number of carbonyl (C=O) groups excluding carboxylic acids is 2. The molecule has 11 heteroatoms. The van der Waals surface area contributed by atoms with Crippen LogP contribution in [0.1, 0.15) is 37.8 Å². The van der Waals surface area contributed by atoms with Crippen molar-refractivity contribution in [3.8, 4) is 0 Å². The molecule has 1 N–H and O–H groups in total. The highest BCUT2D eigenvalue weighted by Crippen LogP contribution is 2.32. The van der Waals surface area contributed by atoms with Crippen molar-refractivity contribution < 1.29 is 31.2 Å². The van der Waals surface area contributed by atoms with Crippen LogP contribution in [0.4, 0.5) is 18.9 Å². The zero-order valence-electron chi connectivity index (χ0n) is 19.9. The zero-order valence-corrected chi connectivity index (χ0v) is 20.7. The molecule has 0 bridgehead atoms. The van der Waals surface area contributed by atoms with Crippen molar-refractivity contribution in [1.82, 2.24) is 10.2 Å². The van der Waals surface area contributed by atoms with Gasteiger partial charge in [0.15, 0.2) is 0 Å². The lowest BCUT2D eigenvalue weighted by atomic mass is 10.1. The summed E-state index contributed by atoms with van der Waals surface area (Å²) in [7, 11) is -4.13. The van der Waals surface area contributed by atoms with Gasteiger partial charge in [0.25, 0.3) is 0 Å². The second-order valence-corrected chi connectivity index (χ2v) is 9.95. The number of alkyl halides is 3. The van der Waals surface area contributed by atoms with E-state index in [4.69, 9.17) is 0 Å². The fraction of sp³-hybridized carbons (Fsp3) is 0.417. The zero-order chi connectivity index (χ0) is 26.2. The minimum Gasteiger partial charge on any atom is -0.354 e. The molecule has 2 aromatic carbocycles. The Balaban J connectivity index is 2.45. The maximum Gasteiger partial charge on any atom is 0.416 e. The normalized spacial score (nSPS) is 12.6. The summed E-state index contributed by atoms with van der Waals surface area (Å²) in [4.78, 5) is 27.5. The number of benzene rings is 2. The molecule has 0 radical (unpaired) electrons. The Morgan fingerprint density at radius 1 is 1.03 bits per heavy atom. The van der Waals surface area contributed by atoms with Crippen LogP contribution >= 0.6 is 0 Å². The summed E-state index contributed by atoms with van der Waals surface area (Å²) in [6, 6.07) is 11.7. The van der Waals surface area contributed by atoms with Crippen LogP contribution in [0.5, 0.6) is 0 Å². The van der Waals surface area contributed by atoms with Gasteiger partial charge in [0.05, 0.1) is 17.5 Å². The molecule has 0 spiro atoms. The molecule has 0 aliphatic rings. The Morgan fingerprint density at radius 3 is 2.23 bits per heavy atom. The SMILES string of the molecule is CCCNC(=O)[C@@H](CC)N(Cc1ccccc1)C(=O)CN(c1cccc(C(F)(F)F)c1)S(C)(=O)=O. The third kappa shape index (κ3) is 7.98. The minimum atomic E-state index is -4.69. The molecule has 1 atom stereocenters. The number of anilines is 1. The van der Waals surface area contributed by atoms with Crippen LogP contribution in [0, 0.1) is 0 Å². The van der Waals surface area contributed by atoms with Gasteiger partial charge in [-0.2, -0.15) is 13.2 Å². The molecule has 192 valence electrons. The van der Waals surface area contributed by atoms with Gasteiger partial charge in [-0.3, -0.25) is 13.9 Å². The van der Waals surface area contributed by atoms with Crippen LogP contribution in [0.3, 0.4) is 0 Å². The summed E-state index contributed by atoms with van der Waals surface area (Å²) >= 11 is 0. The number of amides is 2. The van der Waals surface area contributed by atoms with E-state index in [2.05, 4.69) is 5.32 Å². The lowest BCUT2D eigenvalue weighted by Gasteiger charge is -2.33. The van der Waals surface area contributed by atoms with Gasteiger partial charge < -0.3 is 10.2 Å². The van der Waals surface area contributed by atoms with Gasteiger partial charge in [-0.25, -0.2) is 8.42 Å². The first-order chi connectivity index (χ1) is 16.4. The van der Waals surface area contributed by atoms with Crippen molar-refractivity contribution in [2.45, 2.75) is 45.5 Å². The smallest absolute Gasteiger partial charge is 0.354 e. The molecule has 0 fully saturated rings. The Kier molecular flexibility index (Phi) is 9.70. The molecular weight excluding hydrogens is 483 g/mol. The predicted molar refractivity (Wildman–Crippen MR) is 128 cm³/mol. The Morgan fingerprint density at radius 2 is 1.69 bits per heavy atom. The van der Waals surface area contributed by atoms with E-state index in [-0.39, 0.29) is 24.6 Å². The molecule has 7 nitrogen and oxygen atoms in total. The highest BCUT2D eigenvalue weighted by molar-refractivity contribution is 7.92. The summed E-state index contributed by atoms with van der Waals surface area (Å²) < 4.78 is 65.3. The lowest BCUT2D eigenvalue weighted by molar-refractivity contribution is -0.140. The predicted octanol–water partition coefficient (Wildman–Crippen LogP) is 3.81. The van der Waals surface area contributed by atoms with Crippen LogP contribution in [-0.2, 0) is 32.3 Å². The number of hydrogen-bond acceptors (Lipinski definition) is 4. The fourth-order valence-electron chi connectivity index (χ4n) is 3.52. The second-order valence-electron chi connectivity index (χ2n) is 8.04. The van der Waals surface area contributed by atoms with Crippen LogP contribution in [0.25, 0.3) is 0 Å². The molecule has 2 aromatic rings. The van der Waals surface area contributed by atoms with Crippen molar-refractivity contribution in [2.24, 2.45) is 0 Å². The molecule has 0 aliphatic carbocycles. The van der Waals surface area contributed by atoms with E-state index in [1.807, 2.05) is 6.92 Å². The van der Waals surface area contributed by atoms with Gasteiger partial charge >= 0.3 is 6.18 Å². The Hall–Kier alpha value is -3.08. The maximum absolute atomic E-state index is 13.5. The van der Waals surface area contributed by atoms with Crippen molar-refractivity contribution in [3.63, 3.8) is 0 Å². The van der Waals surface area contributed by atoms with E-state index in [9.17, 15) is 31.2 Å². The monoisotopic (exact) mass is 513 g/mol. The van der Waals surface area contributed by atoms with E-state index in [0.717, 1.165) is 18.4 Å². The first-order valence-corrected chi connectivity index (χ1v) is 13.0. The third-order valence-electron chi connectivity index (χ3n) is 5.27. The number of nitrogens with zero attached hydrogens (tertiary/aromatic N) is 2. The molecule has 0 unspecified atom stereocenters. The van der Waals surface area contributed by atoms with Gasteiger partial charge in [-0.05, 0) is 36.6 Å². The number of rotatable bonds is 11. The summed E-state index contributed by atoms with van der Waals surface area (Å²) in [6.45, 7) is 3.28.